The van der Waals surface area contributed by atoms with E-state index in [1.165, 1.54) is 0 Å². The van der Waals surface area contributed by atoms with Gasteiger partial charge in [-0.3, -0.25) is 5.41 Å². The lowest BCUT2D eigenvalue weighted by Gasteiger charge is -1.96. The molecule has 3 N–H and O–H groups in total. The Hall–Kier alpha value is -0.850. The van der Waals surface area contributed by atoms with Crippen molar-refractivity contribution < 1.29 is 0 Å². The number of rotatable bonds is 3. The summed E-state index contributed by atoms with van der Waals surface area (Å²) in [7, 11) is 0. The third kappa shape index (κ3) is 2.06. The van der Waals surface area contributed by atoms with Gasteiger partial charge in [0.2, 0.25) is 0 Å². The molecule has 0 saturated heterocycles. The Labute approximate surface area is 99.9 Å². The number of hydrogen-bond acceptors (Lipinski definition) is 5. The second kappa shape index (κ2) is 4.34. The van der Waals surface area contributed by atoms with Crippen molar-refractivity contribution in [3.8, 4) is 11.3 Å². The SMILES string of the molecule is CSc1cc(-c2cscn2)c(C(=N)N)s1. The number of thiazole rings is 1. The molecular weight excluding hydrogens is 246 g/mol. The molecule has 2 aromatic heterocycles. The first kappa shape index (κ1) is 10.7. The Morgan fingerprint density at radius 3 is 2.93 bits per heavy atom. The summed E-state index contributed by atoms with van der Waals surface area (Å²) in [5.74, 6) is 0.114. The molecule has 2 rings (SSSR count). The van der Waals surface area contributed by atoms with Crippen molar-refractivity contribution in [2.45, 2.75) is 4.21 Å². The number of thiophene rings is 1. The Morgan fingerprint density at radius 2 is 2.40 bits per heavy atom. The molecular formula is C9H9N3S3. The van der Waals surface area contributed by atoms with Crippen molar-refractivity contribution >= 4 is 40.3 Å². The summed E-state index contributed by atoms with van der Waals surface area (Å²) in [4.78, 5) is 5.05. The van der Waals surface area contributed by atoms with Gasteiger partial charge in [0.05, 0.1) is 20.3 Å². The van der Waals surface area contributed by atoms with Crippen LogP contribution in [0.15, 0.2) is 21.2 Å². The highest BCUT2D eigenvalue weighted by molar-refractivity contribution is 8.00. The summed E-state index contributed by atoms with van der Waals surface area (Å²) in [5, 5.41) is 9.49. The highest BCUT2D eigenvalue weighted by Gasteiger charge is 2.14. The lowest BCUT2D eigenvalue weighted by atomic mass is 10.2. The average molecular weight is 255 g/mol. The fourth-order valence-electron chi connectivity index (χ4n) is 1.20. The largest absolute Gasteiger partial charge is 0.383 e. The topological polar surface area (TPSA) is 62.8 Å². The normalized spacial score (nSPS) is 10.5. The van der Waals surface area contributed by atoms with Gasteiger partial charge in [0.1, 0.15) is 5.84 Å². The number of aromatic nitrogens is 1. The number of nitrogens with two attached hydrogens (primary N) is 1. The summed E-state index contributed by atoms with van der Waals surface area (Å²) in [6.45, 7) is 0. The van der Waals surface area contributed by atoms with E-state index >= 15 is 0 Å². The summed E-state index contributed by atoms with van der Waals surface area (Å²) in [6, 6.07) is 2.04. The van der Waals surface area contributed by atoms with Crippen LogP contribution >= 0.6 is 34.4 Å². The monoisotopic (exact) mass is 255 g/mol. The van der Waals surface area contributed by atoms with Crippen LogP contribution in [0.25, 0.3) is 11.3 Å². The summed E-state index contributed by atoms with van der Waals surface area (Å²) in [5.41, 5.74) is 9.21. The van der Waals surface area contributed by atoms with Crippen molar-refractivity contribution in [1.82, 2.24) is 4.98 Å². The Bertz CT molecular complexity index is 473. The van der Waals surface area contributed by atoms with Crippen molar-refractivity contribution in [1.29, 1.82) is 5.41 Å². The molecule has 0 aliphatic rings. The molecule has 2 aromatic rings. The molecule has 0 aromatic carbocycles. The molecule has 0 amide bonds. The molecule has 0 atom stereocenters. The van der Waals surface area contributed by atoms with Gasteiger partial charge in [0, 0.05) is 10.9 Å². The van der Waals surface area contributed by atoms with E-state index in [-0.39, 0.29) is 5.84 Å². The van der Waals surface area contributed by atoms with E-state index in [4.69, 9.17) is 11.1 Å². The van der Waals surface area contributed by atoms with Crippen LogP contribution in [0.1, 0.15) is 4.88 Å². The highest BCUT2D eigenvalue weighted by Crippen LogP contribution is 2.35. The molecule has 15 heavy (non-hydrogen) atoms. The first-order chi connectivity index (χ1) is 7.22. The summed E-state index contributed by atoms with van der Waals surface area (Å²) < 4.78 is 1.16. The first-order valence-electron chi connectivity index (χ1n) is 4.13. The minimum atomic E-state index is 0.114. The van der Waals surface area contributed by atoms with E-state index in [9.17, 15) is 0 Å². The molecule has 0 aliphatic carbocycles. The lowest BCUT2D eigenvalue weighted by molar-refractivity contribution is 1.40. The summed E-state index contributed by atoms with van der Waals surface area (Å²) in [6.07, 6.45) is 2.01. The van der Waals surface area contributed by atoms with Crippen LogP contribution in [0.2, 0.25) is 0 Å². The van der Waals surface area contributed by atoms with E-state index < -0.39 is 0 Å². The molecule has 2 heterocycles. The number of nitrogens with one attached hydrogen (secondary N) is 1. The quantitative estimate of drug-likeness (QED) is 0.503. The average Bonchev–Trinajstić information content (AvgIpc) is 2.86. The minimum Gasteiger partial charge on any atom is -0.383 e. The Kier molecular flexibility index (Phi) is 3.08. The van der Waals surface area contributed by atoms with Crippen LogP contribution < -0.4 is 5.73 Å². The number of thioether (sulfide) groups is 1. The van der Waals surface area contributed by atoms with E-state index in [0.717, 1.165) is 20.3 Å². The van der Waals surface area contributed by atoms with Crippen LogP contribution in [0.4, 0.5) is 0 Å². The Balaban J connectivity index is 2.54. The van der Waals surface area contributed by atoms with Crippen LogP contribution in [0, 0.1) is 5.41 Å². The van der Waals surface area contributed by atoms with Gasteiger partial charge in [0.15, 0.2) is 0 Å². The number of nitrogen functional groups attached to an aromatic ring is 1. The second-order valence-electron chi connectivity index (χ2n) is 2.80. The van der Waals surface area contributed by atoms with Gasteiger partial charge in [-0.1, -0.05) is 0 Å². The van der Waals surface area contributed by atoms with Gasteiger partial charge in [-0.25, -0.2) is 4.98 Å². The molecule has 3 nitrogen and oxygen atoms in total. The fourth-order valence-corrected chi connectivity index (χ4v) is 3.34. The van der Waals surface area contributed by atoms with E-state index in [0.29, 0.717) is 0 Å². The molecule has 0 aliphatic heterocycles. The molecule has 6 heteroatoms. The maximum atomic E-state index is 7.52. The van der Waals surface area contributed by atoms with Gasteiger partial charge in [-0.15, -0.1) is 34.4 Å². The standard InChI is InChI=1S/C9H9N3S3/c1-13-7-2-5(6-3-14-4-12-6)8(15-7)9(10)11/h2-4H,1H3,(H3,10,11). The predicted octanol–water partition coefficient (Wildman–Crippen LogP) is 2.88. The van der Waals surface area contributed by atoms with Gasteiger partial charge in [0.25, 0.3) is 0 Å². The van der Waals surface area contributed by atoms with Crippen molar-refractivity contribution in [2.24, 2.45) is 5.73 Å². The fraction of sp³-hybridized carbons (Fsp3) is 0.111. The van der Waals surface area contributed by atoms with Gasteiger partial charge in [-0.05, 0) is 12.3 Å². The van der Waals surface area contributed by atoms with E-state index in [1.54, 1.807) is 39.9 Å². The maximum Gasteiger partial charge on any atom is 0.133 e. The predicted molar refractivity (Wildman–Crippen MR) is 68.2 cm³/mol. The molecule has 0 saturated carbocycles. The maximum absolute atomic E-state index is 7.52. The molecule has 0 unspecified atom stereocenters. The zero-order valence-electron chi connectivity index (χ0n) is 7.98. The zero-order chi connectivity index (χ0) is 10.8. The smallest absolute Gasteiger partial charge is 0.133 e. The third-order valence-electron chi connectivity index (χ3n) is 1.86. The molecule has 78 valence electrons. The van der Waals surface area contributed by atoms with Crippen LogP contribution in [-0.4, -0.2) is 17.1 Å². The van der Waals surface area contributed by atoms with E-state index in [1.807, 2.05) is 17.7 Å². The van der Waals surface area contributed by atoms with Gasteiger partial charge >= 0.3 is 0 Å². The minimum absolute atomic E-state index is 0.114. The third-order valence-corrected chi connectivity index (χ3v) is 4.68. The molecule has 0 radical (unpaired) electrons. The van der Waals surface area contributed by atoms with Crippen LogP contribution in [0.5, 0.6) is 0 Å². The Morgan fingerprint density at radius 1 is 1.60 bits per heavy atom. The molecule has 0 spiro atoms. The van der Waals surface area contributed by atoms with Crippen molar-refractivity contribution in [3.63, 3.8) is 0 Å². The van der Waals surface area contributed by atoms with Crippen molar-refractivity contribution in [2.75, 3.05) is 6.26 Å². The van der Waals surface area contributed by atoms with Crippen molar-refractivity contribution in [3.05, 3.63) is 21.8 Å². The zero-order valence-corrected chi connectivity index (χ0v) is 10.4. The molecule has 0 fully saturated rings. The number of hydrogen-bond donors (Lipinski definition) is 2. The van der Waals surface area contributed by atoms with E-state index in [2.05, 4.69) is 4.98 Å². The van der Waals surface area contributed by atoms with Gasteiger partial charge < -0.3 is 5.73 Å². The van der Waals surface area contributed by atoms with Gasteiger partial charge in [-0.2, -0.15) is 0 Å². The second-order valence-corrected chi connectivity index (χ2v) is 5.68. The first-order valence-corrected chi connectivity index (χ1v) is 7.11. The highest BCUT2D eigenvalue weighted by atomic mass is 32.2. The molecule has 0 bridgehead atoms. The number of nitrogens with zero attached hydrogens (tertiary/aromatic N) is 1. The van der Waals surface area contributed by atoms with Crippen LogP contribution in [0.3, 0.4) is 0 Å². The van der Waals surface area contributed by atoms with Crippen LogP contribution in [-0.2, 0) is 0 Å². The lowest BCUT2D eigenvalue weighted by Crippen LogP contribution is -2.09. The summed E-state index contributed by atoms with van der Waals surface area (Å²) >= 11 is 4.75. The number of amidine groups is 1.